The summed E-state index contributed by atoms with van der Waals surface area (Å²) in [6.07, 6.45) is -0.744. The van der Waals surface area contributed by atoms with Crippen LogP contribution in [-0.4, -0.2) is 70.4 Å². The van der Waals surface area contributed by atoms with Crippen molar-refractivity contribution < 1.29 is 14.6 Å². The molecule has 1 unspecified atom stereocenters. The summed E-state index contributed by atoms with van der Waals surface area (Å²) in [6, 6.07) is 8.42. The second kappa shape index (κ2) is 9.17. The molecule has 3 rings (SSSR count). The van der Waals surface area contributed by atoms with Crippen LogP contribution in [0.5, 0.6) is 0 Å². The number of aliphatic hydroxyl groups excluding tert-OH is 1. The Morgan fingerprint density at radius 1 is 1.14 bits per heavy atom. The first kappa shape index (κ1) is 21.0. The average Bonchev–Trinajstić information content (AvgIpc) is 2.74. The largest absolute Gasteiger partial charge is 0.390 e. The number of ether oxygens (including phenoxy) is 1. The van der Waals surface area contributed by atoms with Gasteiger partial charge in [0.05, 0.1) is 19.3 Å². The van der Waals surface area contributed by atoms with Crippen molar-refractivity contribution in [3.05, 3.63) is 62.3 Å². The topological polar surface area (TPSA) is 106 Å². The van der Waals surface area contributed by atoms with Crippen LogP contribution in [0.2, 0.25) is 0 Å². The summed E-state index contributed by atoms with van der Waals surface area (Å²) in [5.74, 6) is -0.375. The Morgan fingerprint density at radius 3 is 2.45 bits per heavy atom. The number of carbonyl (C=O) groups excluding carboxylic acids is 1. The molecular formula is C20H26N4O5. The van der Waals surface area contributed by atoms with Crippen LogP contribution in [0.1, 0.15) is 15.9 Å². The molecule has 1 aromatic carbocycles. The van der Waals surface area contributed by atoms with E-state index >= 15 is 0 Å². The number of carbonyl (C=O) groups is 1. The molecule has 9 heteroatoms. The van der Waals surface area contributed by atoms with E-state index in [1.54, 1.807) is 30.3 Å². The van der Waals surface area contributed by atoms with E-state index in [1.807, 2.05) is 0 Å². The fraction of sp³-hybridized carbons (Fsp3) is 0.450. The molecular weight excluding hydrogens is 376 g/mol. The van der Waals surface area contributed by atoms with E-state index < -0.39 is 23.1 Å². The molecule has 1 atom stereocenters. The molecule has 0 saturated carbocycles. The first-order chi connectivity index (χ1) is 13.9. The molecule has 156 valence electrons. The first-order valence-electron chi connectivity index (χ1n) is 9.52. The fourth-order valence-corrected chi connectivity index (χ4v) is 3.35. The summed E-state index contributed by atoms with van der Waals surface area (Å²) >= 11 is 0. The molecule has 0 amide bonds. The van der Waals surface area contributed by atoms with Crippen molar-refractivity contribution in [3.63, 3.8) is 0 Å². The van der Waals surface area contributed by atoms with Crippen molar-refractivity contribution in [2.45, 2.75) is 6.10 Å². The highest BCUT2D eigenvalue weighted by molar-refractivity contribution is 6.11. The first-order valence-corrected chi connectivity index (χ1v) is 9.52. The summed E-state index contributed by atoms with van der Waals surface area (Å²) in [6.45, 7) is 3.24. The van der Waals surface area contributed by atoms with Crippen LogP contribution in [0.3, 0.4) is 0 Å². The van der Waals surface area contributed by atoms with Gasteiger partial charge in [-0.25, -0.2) is 4.79 Å². The molecule has 0 aliphatic carbocycles. The second-order valence-electron chi connectivity index (χ2n) is 7.07. The van der Waals surface area contributed by atoms with Gasteiger partial charge in [0.2, 0.25) is 5.78 Å². The van der Waals surface area contributed by atoms with Gasteiger partial charge in [0.15, 0.2) is 0 Å². The van der Waals surface area contributed by atoms with Gasteiger partial charge in [-0.3, -0.25) is 23.6 Å². The van der Waals surface area contributed by atoms with Crippen LogP contribution in [0.15, 0.2) is 39.9 Å². The molecule has 1 aliphatic heterocycles. The molecule has 0 radical (unpaired) electrons. The van der Waals surface area contributed by atoms with Gasteiger partial charge < -0.3 is 15.2 Å². The van der Waals surface area contributed by atoms with Crippen molar-refractivity contribution in [2.24, 2.45) is 14.1 Å². The van der Waals surface area contributed by atoms with E-state index in [4.69, 9.17) is 4.74 Å². The molecule has 1 aliphatic rings. The minimum absolute atomic E-state index is 0.0902. The number of β-amino-alcohol motifs (C(OH)–C–C–N with tert-alkyl or cyclic N) is 1. The summed E-state index contributed by atoms with van der Waals surface area (Å²) in [5.41, 5.74) is -1.00. The fourth-order valence-electron chi connectivity index (χ4n) is 3.35. The smallest absolute Gasteiger partial charge is 0.332 e. The molecule has 1 aromatic heterocycles. The minimum atomic E-state index is -0.744. The van der Waals surface area contributed by atoms with Crippen molar-refractivity contribution in [1.82, 2.24) is 14.0 Å². The monoisotopic (exact) mass is 402 g/mol. The minimum Gasteiger partial charge on any atom is -0.390 e. The van der Waals surface area contributed by atoms with Gasteiger partial charge in [-0.2, -0.15) is 0 Å². The predicted molar refractivity (Wildman–Crippen MR) is 109 cm³/mol. The lowest BCUT2D eigenvalue weighted by Gasteiger charge is -2.28. The summed E-state index contributed by atoms with van der Waals surface area (Å²) in [4.78, 5) is 40.2. The van der Waals surface area contributed by atoms with Gasteiger partial charge in [-0.1, -0.05) is 30.3 Å². The quantitative estimate of drug-likeness (QED) is 0.597. The number of nitrogens with one attached hydrogen (secondary N) is 1. The zero-order valence-electron chi connectivity index (χ0n) is 16.6. The van der Waals surface area contributed by atoms with E-state index in [-0.39, 0.29) is 17.9 Å². The Labute approximate surface area is 168 Å². The Kier molecular flexibility index (Phi) is 6.63. The third-order valence-electron chi connectivity index (χ3n) is 5.01. The highest BCUT2D eigenvalue weighted by Gasteiger charge is 2.24. The van der Waals surface area contributed by atoms with Gasteiger partial charge >= 0.3 is 5.69 Å². The van der Waals surface area contributed by atoms with Crippen LogP contribution in [0.4, 0.5) is 5.82 Å². The maximum atomic E-state index is 13.0. The Morgan fingerprint density at radius 2 is 1.79 bits per heavy atom. The Hall–Kier alpha value is -2.75. The Bertz CT molecular complexity index is 977. The van der Waals surface area contributed by atoms with Crippen LogP contribution in [0, 0.1) is 0 Å². The number of hydrogen-bond donors (Lipinski definition) is 2. The van der Waals surface area contributed by atoms with Crippen LogP contribution < -0.4 is 16.6 Å². The van der Waals surface area contributed by atoms with Crippen molar-refractivity contribution in [3.8, 4) is 0 Å². The number of ketones is 1. The number of anilines is 1. The number of rotatable bonds is 7. The molecule has 2 N–H and O–H groups in total. The summed E-state index contributed by atoms with van der Waals surface area (Å²) in [7, 11) is 2.82. The number of nitrogens with zero attached hydrogens (tertiary/aromatic N) is 3. The lowest BCUT2D eigenvalue weighted by molar-refractivity contribution is 0.0171. The number of aromatic nitrogens is 2. The molecule has 2 aromatic rings. The number of benzene rings is 1. The van der Waals surface area contributed by atoms with Crippen molar-refractivity contribution in [2.75, 3.05) is 44.7 Å². The number of morpholine rings is 1. The van der Waals surface area contributed by atoms with Crippen LogP contribution >= 0.6 is 0 Å². The summed E-state index contributed by atoms with van der Waals surface area (Å²) in [5, 5.41) is 13.3. The normalized spacial score (nSPS) is 15.8. The maximum absolute atomic E-state index is 13.0. The zero-order chi connectivity index (χ0) is 21.0. The van der Waals surface area contributed by atoms with E-state index in [1.165, 1.54) is 18.7 Å². The molecule has 9 nitrogen and oxygen atoms in total. The second-order valence-corrected chi connectivity index (χ2v) is 7.07. The lowest BCUT2D eigenvalue weighted by Crippen LogP contribution is -2.44. The van der Waals surface area contributed by atoms with Gasteiger partial charge in [0.1, 0.15) is 11.4 Å². The van der Waals surface area contributed by atoms with Crippen molar-refractivity contribution in [1.29, 1.82) is 0 Å². The Balaban J connectivity index is 1.88. The van der Waals surface area contributed by atoms with Gasteiger partial charge in [-0.05, 0) is 0 Å². The molecule has 2 heterocycles. The SMILES string of the molecule is Cn1c(NCC(O)CN2CCOCC2)c(C(=O)c2ccccc2)c(=O)n(C)c1=O. The molecule has 29 heavy (non-hydrogen) atoms. The average molecular weight is 402 g/mol. The molecule has 1 saturated heterocycles. The van der Waals surface area contributed by atoms with E-state index in [0.29, 0.717) is 25.3 Å². The van der Waals surface area contributed by atoms with Crippen LogP contribution in [0.25, 0.3) is 0 Å². The molecule has 0 spiro atoms. The maximum Gasteiger partial charge on any atom is 0.332 e. The van der Waals surface area contributed by atoms with Crippen molar-refractivity contribution >= 4 is 11.6 Å². The highest BCUT2D eigenvalue weighted by Crippen LogP contribution is 2.14. The van der Waals surface area contributed by atoms with Gasteiger partial charge in [-0.15, -0.1) is 0 Å². The third kappa shape index (κ3) is 4.64. The molecule has 0 bridgehead atoms. The van der Waals surface area contributed by atoms with Gasteiger partial charge in [0, 0.05) is 45.8 Å². The molecule has 1 fully saturated rings. The summed E-state index contributed by atoms with van der Waals surface area (Å²) < 4.78 is 7.43. The predicted octanol–water partition coefficient (Wildman–Crippen LogP) is -0.580. The zero-order valence-corrected chi connectivity index (χ0v) is 16.6. The van der Waals surface area contributed by atoms with Crippen LogP contribution in [-0.2, 0) is 18.8 Å². The van der Waals surface area contributed by atoms with E-state index in [0.717, 1.165) is 17.7 Å². The van der Waals surface area contributed by atoms with E-state index in [2.05, 4.69) is 10.2 Å². The standard InChI is InChI=1S/C20H26N4O5/c1-22-18(21-12-15(25)13-24-8-10-29-11-9-24)16(19(27)23(2)20(22)28)17(26)14-6-4-3-5-7-14/h3-7,15,21,25H,8-13H2,1-2H3. The number of hydrogen-bond acceptors (Lipinski definition) is 7. The lowest BCUT2D eigenvalue weighted by atomic mass is 10.0. The highest BCUT2D eigenvalue weighted by atomic mass is 16.5. The van der Waals surface area contributed by atoms with E-state index in [9.17, 15) is 19.5 Å². The third-order valence-corrected chi connectivity index (χ3v) is 5.01. The van der Waals surface area contributed by atoms with Gasteiger partial charge in [0.25, 0.3) is 5.56 Å². The number of aliphatic hydroxyl groups is 1.